The first-order valence-corrected chi connectivity index (χ1v) is 7.23. The summed E-state index contributed by atoms with van der Waals surface area (Å²) < 4.78 is 0. The molecule has 0 radical (unpaired) electrons. The van der Waals surface area contributed by atoms with E-state index >= 15 is 0 Å². The first-order chi connectivity index (χ1) is 8.61. The van der Waals surface area contributed by atoms with E-state index in [4.69, 9.17) is 5.73 Å². The van der Waals surface area contributed by atoms with Gasteiger partial charge in [-0.15, -0.1) is 11.3 Å². The molecule has 100 valence electrons. The Balaban J connectivity index is 1.94. The van der Waals surface area contributed by atoms with Gasteiger partial charge < -0.3 is 11.1 Å². The molecule has 0 aromatic carbocycles. The topological polar surface area (TPSA) is 58.4 Å². The molecule has 3 N–H and O–H groups in total. The second kappa shape index (κ2) is 5.82. The lowest BCUT2D eigenvalue weighted by molar-refractivity contribution is -0.122. The SMILES string of the molecule is Cc1ccsc1C(CN)N(C)CC(=O)NC1CC1. The molecule has 1 fully saturated rings. The highest BCUT2D eigenvalue weighted by molar-refractivity contribution is 7.10. The van der Waals surface area contributed by atoms with Gasteiger partial charge in [0.25, 0.3) is 0 Å². The predicted molar refractivity (Wildman–Crippen MR) is 74.6 cm³/mol. The number of hydrogen-bond donors (Lipinski definition) is 2. The Bertz CT molecular complexity index is 414. The van der Waals surface area contributed by atoms with E-state index in [2.05, 4.69) is 23.7 Å². The van der Waals surface area contributed by atoms with E-state index in [1.165, 1.54) is 10.4 Å². The standard InChI is InChI=1S/C13H21N3OS/c1-9-5-6-18-13(9)11(7-14)16(2)8-12(17)15-10-3-4-10/h5-6,10-11H,3-4,7-8,14H2,1-2H3,(H,15,17). The summed E-state index contributed by atoms with van der Waals surface area (Å²) in [4.78, 5) is 15.1. The van der Waals surface area contributed by atoms with Crippen molar-refractivity contribution in [2.75, 3.05) is 20.1 Å². The highest BCUT2D eigenvalue weighted by atomic mass is 32.1. The number of aryl methyl sites for hydroxylation is 1. The van der Waals surface area contributed by atoms with Crippen LogP contribution in [-0.4, -0.2) is 37.0 Å². The van der Waals surface area contributed by atoms with Gasteiger partial charge in [-0.3, -0.25) is 9.69 Å². The van der Waals surface area contributed by atoms with E-state index in [0.717, 1.165) is 12.8 Å². The molecular weight excluding hydrogens is 246 g/mol. The Hall–Kier alpha value is -0.910. The van der Waals surface area contributed by atoms with Gasteiger partial charge in [0.2, 0.25) is 5.91 Å². The number of nitrogens with one attached hydrogen (secondary N) is 1. The van der Waals surface area contributed by atoms with Gasteiger partial charge in [0.15, 0.2) is 0 Å². The zero-order valence-electron chi connectivity index (χ0n) is 11.0. The van der Waals surface area contributed by atoms with Crippen LogP contribution in [0.5, 0.6) is 0 Å². The second-order valence-electron chi connectivity index (χ2n) is 4.98. The van der Waals surface area contributed by atoms with Gasteiger partial charge in [-0.1, -0.05) is 0 Å². The summed E-state index contributed by atoms with van der Waals surface area (Å²) in [5.41, 5.74) is 7.11. The van der Waals surface area contributed by atoms with E-state index in [1.807, 2.05) is 11.9 Å². The van der Waals surface area contributed by atoms with Crippen LogP contribution in [-0.2, 0) is 4.79 Å². The van der Waals surface area contributed by atoms with E-state index in [1.54, 1.807) is 11.3 Å². The molecule has 1 amide bonds. The first-order valence-electron chi connectivity index (χ1n) is 6.35. The van der Waals surface area contributed by atoms with E-state index in [9.17, 15) is 4.79 Å². The molecule has 1 atom stereocenters. The van der Waals surface area contributed by atoms with Gasteiger partial charge in [0.1, 0.15) is 0 Å². The molecule has 0 saturated heterocycles. The zero-order valence-corrected chi connectivity index (χ0v) is 11.8. The van der Waals surface area contributed by atoms with Gasteiger partial charge in [-0.05, 0) is 43.8 Å². The van der Waals surface area contributed by atoms with Gasteiger partial charge >= 0.3 is 0 Å². The van der Waals surface area contributed by atoms with Crippen molar-refractivity contribution in [1.82, 2.24) is 10.2 Å². The number of hydrogen-bond acceptors (Lipinski definition) is 4. The summed E-state index contributed by atoms with van der Waals surface area (Å²) in [7, 11) is 1.96. The van der Waals surface area contributed by atoms with Gasteiger partial charge in [-0.25, -0.2) is 0 Å². The maximum atomic E-state index is 11.8. The van der Waals surface area contributed by atoms with E-state index in [-0.39, 0.29) is 11.9 Å². The summed E-state index contributed by atoms with van der Waals surface area (Å²) in [6.45, 7) is 3.04. The van der Waals surface area contributed by atoms with Crippen molar-refractivity contribution in [2.24, 2.45) is 5.73 Å². The second-order valence-corrected chi connectivity index (χ2v) is 5.92. The van der Waals surface area contributed by atoms with Crippen molar-refractivity contribution in [2.45, 2.75) is 31.8 Å². The molecule has 1 heterocycles. The molecule has 1 aromatic rings. The third-order valence-corrected chi connectivity index (χ3v) is 4.42. The van der Waals surface area contributed by atoms with Crippen LogP contribution in [0.3, 0.4) is 0 Å². The number of carbonyl (C=O) groups excluding carboxylic acids is 1. The number of likely N-dealkylation sites (N-methyl/N-ethyl adjacent to an activating group) is 1. The molecule has 1 saturated carbocycles. The monoisotopic (exact) mass is 267 g/mol. The van der Waals surface area contributed by atoms with Crippen molar-refractivity contribution in [3.05, 3.63) is 21.9 Å². The Morgan fingerprint density at radius 1 is 1.67 bits per heavy atom. The molecule has 1 aromatic heterocycles. The van der Waals surface area contributed by atoms with Gasteiger partial charge in [0.05, 0.1) is 12.6 Å². The zero-order chi connectivity index (χ0) is 13.1. The van der Waals surface area contributed by atoms with Crippen LogP contribution in [0.25, 0.3) is 0 Å². The van der Waals surface area contributed by atoms with E-state index in [0.29, 0.717) is 19.1 Å². The highest BCUT2D eigenvalue weighted by Gasteiger charge is 2.25. The number of rotatable bonds is 6. The smallest absolute Gasteiger partial charge is 0.234 e. The summed E-state index contributed by atoms with van der Waals surface area (Å²) in [6.07, 6.45) is 2.25. The molecule has 4 nitrogen and oxygen atoms in total. The van der Waals surface area contributed by atoms with Crippen LogP contribution < -0.4 is 11.1 Å². The molecule has 5 heteroatoms. The number of carbonyl (C=O) groups is 1. The third kappa shape index (κ3) is 3.31. The lowest BCUT2D eigenvalue weighted by Crippen LogP contribution is -2.40. The molecule has 2 rings (SSSR count). The fraction of sp³-hybridized carbons (Fsp3) is 0.615. The molecule has 0 spiro atoms. The third-order valence-electron chi connectivity index (χ3n) is 3.30. The molecule has 0 aliphatic heterocycles. The fourth-order valence-corrected chi connectivity index (χ4v) is 3.16. The molecule has 18 heavy (non-hydrogen) atoms. The Kier molecular flexibility index (Phi) is 4.37. The minimum Gasteiger partial charge on any atom is -0.352 e. The van der Waals surface area contributed by atoms with Crippen molar-refractivity contribution < 1.29 is 4.79 Å². The Morgan fingerprint density at radius 2 is 2.39 bits per heavy atom. The Labute approximate surface area is 112 Å². The van der Waals surface area contributed by atoms with Crippen molar-refractivity contribution in [3.63, 3.8) is 0 Å². The molecule has 1 unspecified atom stereocenters. The normalized spacial score (nSPS) is 16.9. The minimum absolute atomic E-state index is 0.104. The lowest BCUT2D eigenvalue weighted by atomic mass is 10.1. The van der Waals surface area contributed by atoms with Crippen molar-refractivity contribution >= 4 is 17.2 Å². The predicted octanol–water partition coefficient (Wildman–Crippen LogP) is 1.27. The average molecular weight is 267 g/mol. The quantitative estimate of drug-likeness (QED) is 0.816. The largest absolute Gasteiger partial charge is 0.352 e. The molecule has 0 bridgehead atoms. The van der Waals surface area contributed by atoms with Crippen LogP contribution >= 0.6 is 11.3 Å². The van der Waals surface area contributed by atoms with Crippen molar-refractivity contribution in [3.8, 4) is 0 Å². The Morgan fingerprint density at radius 3 is 2.89 bits per heavy atom. The summed E-state index contributed by atoms with van der Waals surface area (Å²) in [5.74, 6) is 0.104. The average Bonchev–Trinajstić information content (AvgIpc) is 3.02. The van der Waals surface area contributed by atoms with Crippen LogP contribution in [0, 0.1) is 6.92 Å². The first kappa shape index (κ1) is 13.5. The minimum atomic E-state index is 0.104. The summed E-state index contributed by atoms with van der Waals surface area (Å²) in [5, 5.41) is 5.08. The number of nitrogens with two attached hydrogens (primary N) is 1. The van der Waals surface area contributed by atoms with Crippen LogP contribution in [0.2, 0.25) is 0 Å². The maximum absolute atomic E-state index is 11.8. The fourth-order valence-electron chi connectivity index (χ4n) is 2.05. The van der Waals surface area contributed by atoms with Crippen LogP contribution in [0.15, 0.2) is 11.4 Å². The molecule has 1 aliphatic carbocycles. The maximum Gasteiger partial charge on any atom is 0.234 e. The number of thiophene rings is 1. The number of amides is 1. The van der Waals surface area contributed by atoms with Gasteiger partial charge in [-0.2, -0.15) is 0 Å². The number of nitrogens with zero attached hydrogens (tertiary/aromatic N) is 1. The summed E-state index contributed by atoms with van der Waals surface area (Å²) in [6, 6.07) is 2.65. The molecular formula is C13H21N3OS. The lowest BCUT2D eigenvalue weighted by Gasteiger charge is -2.26. The van der Waals surface area contributed by atoms with Crippen LogP contribution in [0.4, 0.5) is 0 Å². The van der Waals surface area contributed by atoms with E-state index < -0.39 is 0 Å². The van der Waals surface area contributed by atoms with Crippen molar-refractivity contribution in [1.29, 1.82) is 0 Å². The summed E-state index contributed by atoms with van der Waals surface area (Å²) >= 11 is 1.71. The van der Waals surface area contributed by atoms with Crippen LogP contribution in [0.1, 0.15) is 29.3 Å². The van der Waals surface area contributed by atoms with Gasteiger partial charge in [0, 0.05) is 17.5 Å². The highest BCUT2D eigenvalue weighted by Crippen LogP contribution is 2.27. The molecule has 1 aliphatic rings.